The molecule has 1 aliphatic heterocycles. The fraction of sp³-hybridized carbons (Fsp3) is 0.172. The Morgan fingerprint density at radius 3 is 2.32 bits per heavy atom. The van der Waals surface area contributed by atoms with Crippen LogP contribution in [0.5, 0.6) is 0 Å². The van der Waals surface area contributed by atoms with E-state index in [2.05, 4.69) is 15.2 Å². The maximum atomic E-state index is 13.0. The van der Waals surface area contributed by atoms with Crippen LogP contribution in [0.4, 0.5) is 5.69 Å². The van der Waals surface area contributed by atoms with Crippen molar-refractivity contribution in [3.05, 3.63) is 103 Å². The fourth-order valence-corrected chi connectivity index (χ4v) is 4.27. The fourth-order valence-electron chi connectivity index (χ4n) is 4.27. The van der Waals surface area contributed by atoms with Crippen molar-refractivity contribution in [1.29, 1.82) is 0 Å². The topological polar surface area (TPSA) is 83.4 Å². The normalized spacial score (nSPS) is 14.1. The summed E-state index contributed by atoms with van der Waals surface area (Å²) in [4.78, 5) is 33.4. The molecule has 8 nitrogen and oxygen atoms in total. The summed E-state index contributed by atoms with van der Waals surface area (Å²) < 4.78 is 1.81. The average molecular weight is 493 g/mol. The maximum Gasteiger partial charge on any atom is 0.246 e. The molecule has 2 aromatic carbocycles. The third-order valence-corrected chi connectivity index (χ3v) is 6.21. The highest BCUT2D eigenvalue weighted by Crippen LogP contribution is 2.24. The predicted octanol–water partition coefficient (Wildman–Crippen LogP) is 3.73. The molecule has 0 radical (unpaired) electrons. The molecule has 1 aliphatic rings. The summed E-state index contributed by atoms with van der Waals surface area (Å²) in [6, 6.07) is 23.1. The number of anilines is 1. The smallest absolute Gasteiger partial charge is 0.246 e. The summed E-state index contributed by atoms with van der Waals surface area (Å²) in [6.45, 7) is 2.74. The van der Waals surface area contributed by atoms with Crippen LogP contribution in [0.2, 0.25) is 0 Å². The number of amides is 2. The van der Waals surface area contributed by atoms with Crippen molar-refractivity contribution in [2.75, 3.05) is 38.0 Å². The molecular weight excluding hydrogens is 464 g/mol. The van der Waals surface area contributed by atoms with Crippen LogP contribution in [0.3, 0.4) is 0 Å². The quantitative estimate of drug-likeness (QED) is 0.398. The van der Waals surface area contributed by atoms with Gasteiger partial charge in [-0.1, -0.05) is 36.4 Å². The number of carbonyl (C=O) groups excluding carboxylic acids is 2. The lowest BCUT2D eigenvalue weighted by Gasteiger charge is -2.33. The third kappa shape index (κ3) is 6.17. The first-order valence-electron chi connectivity index (χ1n) is 12.3. The number of hydrogen-bond acceptors (Lipinski definition) is 5. The number of rotatable bonds is 7. The molecule has 5 rings (SSSR count). The monoisotopic (exact) mass is 492 g/mol. The second-order valence-corrected chi connectivity index (χ2v) is 8.80. The van der Waals surface area contributed by atoms with Gasteiger partial charge in [0.15, 0.2) is 0 Å². The van der Waals surface area contributed by atoms with Crippen molar-refractivity contribution < 1.29 is 9.59 Å². The molecule has 0 bridgehead atoms. The van der Waals surface area contributed by atoms with Crippen LogP contribution < -0.4 is 5.32 Å². The maximum absolute atomic E-state index is 13.0. The molecule has 186 valence electrons. The molecule has 2 amide bonds. The third-order valence-electron chi connectivity index (χ3n) is 6.21. The molecule has 0 saturated carbocycles. The van der Waals surface area contributed by atoms with E-state index in [0.717, 1.165) is 28.2 Å². The van der Waals surface area contributed by atoms with Gasteiger partial charge in [0.1, 0.15) is 5.69 Å². The second kappa shape index (κ2) is 11.5. The van der Waals surface area contributed by atoms with Crippen molar-refractivity contribution in [2.24, 2.45) is 0 Å². The van der Waals surface area contributed by atoms with Gasteiger partial charge in [-0.2, -0.15) is 5.10 Å². The van der Waals surface area contributed by atoms with E-state index < -0.39 is 0 Å². The van der Waals surface area contributed by atoms with E-state index in [1.807, 2.05) is 94.7 Å². The van der Waals surface area contributed by atoms with Crippen LogP contribution in [0, 0.1) is 0 Å². The number of nitrogens with one attached hydrogen (secondary N) is 1. The van der Waals surface area contributed by atoms with Gasteiger partial charge in [0.25, 0.3) is 0 Å². The predicted molar refractivity (Wildman–Crippen MR) is 144 cm³/mol. The Morgan fingerprint density at radius 2 is 1.62 bits per heavy atom. The van der Waals surface area contributed by atoms with Gasteiger partial charge in [-0.3, -0.25) is 19.5 Å². The van der Waals surface area contributed by atoms with Gasteiger partial charge in [-0.15, -0.1) is 0 Å². The first-order chi connectivity index (χ1) is 18.2. The van der Waals surface area contributed by atoms with Crippen LogP contribution in [0.25, 0.3) is 23.0 Å². The van der Waals surface area contributed by atoms with Crippen molar-refractivity contribution in [2.45, 2.75) is 0 Å². The van der Waals surface area contributed by atoms with Crippen LogP contribution in [0.1, 0.15) is 5.56 Å². The van der Waals surface area contributed by atoms with Gasteiger partial charge in [0, 0.05) is 67.7 Å². The zero-order valence-corrected chi connectivity index (χ0v) is 20.4. The van der Waals surface area contributed by atoms with E-state index in [0.29, 0.717) is 32.7 Å². The van der Waals surface area contributed by atoms with Crippen LogP contribution in [-0.4, -0.2) is 69.1 Å². The van der Waals surface area contributed by atoms with E-state index in [4.69, 9.17) is 5.10 Å². The van der Waals surface area contributed by atoms with Crippen molar-refractivity contribution in [1.82, 2.24) is 24.6 Å². The zero-order valence-electron chi connectivity index (χ0n) is 20.4. The molecule has 1 N–H and O–H groups in total. The first kappa shape index (κ1) is 24.1. The number of aromatic nitrogens is 3. The molecule has 8 heteroatoms. The Balaban J connectivity index is 1.22. The number of benzene rings is 2. The highest BCUT2D eigenvalue weighted by Gasteiger charge is 2.21. The average Bonchev–Trinajstić information content (AvgIpc) is 3.38. The number of nitrogens with zero attached hydrogens (tertiary/aromatic N) is 5. The van der Waals surface area contributed by atoms with Gasteiger partial charge >= 0.3 is 0 Å². The molecule has 0 unspecified atom stereocenters. The van der Waals surface area contributed by atoms with E-state index in [9.17, 15) is 9.59 Å². The van der Waals surface area contributed by atoms with E-state index >= 15 is 0 Å². The minimum atomic E-state index is -0.0574. The van der Waals surface area contributed by atoms with Crippen LogP contribution >= 0.6 is 0 Å². The molecular formula is C29H28N6O2. The van der Waals surface area contributed by atoms with Crippen LogP contribution in [0.15, 0.2) is 97.5 Å². The SMILES string of the molecule is O=C(CN1CCN(C(=O)/C=C/c2cn(-c3ccccc3)nc2-c2cccnc2)CC1)Nc1ccccc1. The lowest BCUT2D eigenvalue weighted by molar-refractivity contribution is -0.127. The number of piperazine rings is 1. The summed E-state index contributed by atoms with van der Waals surface area (Å²) >= 11 is 0. The van der Waals surface area contributed by atoms with E-state index in [1.54, 1.807) is 18.5 Å². The zero-order chi connectivity index (χ0) is 25.5. The number of pyridine rings is 1. The summed E-state index contributed by atoms with van der Waals surface area (Å²) in [5.41, 5.74) is 4.20. The molecule has 1 saturated heterocycles. The summed E-state index contributed by atoms with van der Waals surface area (Å²) in [5, 5.41) is 7.67. The molecule has 0 spiro atoms. The summed E-state index contributed by atoms with van der Waals surface area (Å²) in [5.74, 6) is -0.109. The standard InChI is InChI=1S/C29H28N6O2/c36-27(31-25-9-3-1-4-10-25)22-33-16-18-34(19-17-33)28(37)14-13-24-21-35(26-11-5-2-6-12-26)32-29(24)23-8-7-15-30-20-23/h1-15,20-21H,16-19,22H2,(H,31,36)/b14-13+. The molecule has 2 aromatic heterocycles. The highest BCUT2D eigenvalue weighted by molar-refractivity contribution is 5.93. The first-order valence-corrected chi connectivity index (χ1v) is 12.3. The molecule has 37 heavy (non-hydrogen) atoms. The number of para-hydroxylation sites is 2. The minimum Gasteiger partial charge on any atom is -0.337 e. The van der Waals surface area contributed by atoms with Gasteiger partial charge in [0.05, 0.1) is 12.2 Å². The second-order valence-electron chi connectivity index (χ2n) is 8.80. The van der Waals surface area contributed by atoms with Crippen molar-refractivity contribution >= 4 is 23.6 Å². The Labute approximate surface area is 215 Å². The van der Waals surface area contributed by atoms with Gasteiger partial charge in [-0.05, 0) is 42.5 Å². The lowest BCUT2D eigenvalue weighted by atomic mass is 10.1. The van der Waals surface area contributed by atoms with Crippen LogP contribution in [-0.2, 0) is 9.59 Å². The van der Waals surface area contributed by atoms with Gasteiger partial charge in [0.2, 0.25) is 11.8 Å². The van der Waals surface area contributed by atoms with E-state index in [1.165, 1.54) is 0 Å². The number of carbonyl (C=O) groups is 2. The Morgan fingerprint density at radius 1 is 0.892 bits per heavy atom. The highest BCUT2D eigenvalue weighted by atomic mass is 16.2. The molecule has 0 aliphatic carbocycles. The summed E-state index contributed by atoms with van der Waals surface area (Å²) in [6.07, 6.45) is 8.83. The van der Waals surface area contributed by atoms with Gasteiger partial charge in [-0.25, -0.2) is 4.68 Å². The lowest BCUT2D eigenvalue weighted by Crippen LogP contribution is -2.50. The van der Waals surface area contributed by atoms with E-state index in [-0.39, 0.29) is 11.8 Å². The minimum absolute atomic E-state index is 0.0516. The number of hydrogen-bond donors (Lipinski definition) is 1. The largest absolute Gasteiger partial charge is 0.337 e. The van der Waals surface area contributed by atoms with Crippen molar-refractivity contribution in [3.63, 3.8) is 0 Å². The Bertz CT molecular complexity index is 1360. The molecule has 1 fully saturated rings. The molecule has 0 atom stereocenters. The Kier molecular flexibility index (Phi) is 7.47. The van der Waals surface area contributed by atoms with Crippen molar-refractivity contribution in [3.8, 4) is 16.9 Å². The molecule has 4 aromatic rings. The molecule has 3 heterocycles. The Hall–Kier alpha value is -4.56. The summed E-state index contributed by atoms with van der Waals surface area (Å²) in [7, 11) is 0. The van der Waals surface area contributed by atoms with Gasteiger partial charge < -0.3 is 10.2 Å².